The lowest BCUT2D eigenvalue weighted by Crippen LogP contribution is -2.05. The molecule has 3 aromatic rings. The van der Waals surface area contributed by atoms with Gasteiger partial charge in [-0.15, -0.1) is 11.3 Å². The fourth-order valence-electron chi connectivity index (χ4n) is 2.83. The predicted octanol–water partition coefficient (Wildman–Crippen LogP) is 6.36. The van der Waals surface area contributed by atoms with Crippen molar-refractivity contribution in [3.63, 3.8) is 0 Å². The Balaban J connectivity index is 1.89. The minimum absolute atomic E-state index is 0.132. The summed E-state index contributed by atoms with van der Waals surface area (Å²) in [5.41, 5.74) is 3.94. The summed E-state index contributed by atoms with van der Waals surface area (Å²) in [4.78, 5) is 21.2. The van der Waals surface area contributed by atoms with E-state index in [2.05, 4.69) is 49.1 Å². The Morgan fingerprint density at radius 2 is 1.93 bits per heavy atom. The molecule has 2 aromatic heterocycles. The van der Waals surface area contributed by atoms with E-state index in [9.17, 15) is 4.79 Å². The van der Waals surface area contributed by atoms with Crippen molar-refractivity contribution < 1.29 is 9.90 Å². The van der Waals surface area contributed by atoms with E-state index in [0.717, 1.165) is 47.9 Å². The van der Waals surface area contributed by atoms with Crippen LogP contribution in [-0.4, -0.2) is 21.0 Å². The SMILES string of the molecule is CCc1c(C)nc(-c2cc(Br)c(Br)s2)nc1Nc1ccc(CCC(=O)O)cc1. The summed E-state index contributed by atoms with van der Waals surface area (Å²) in [5, 5.41) is 12.2. The van der Waals surface area contributed by atoms with Gasteiger partial charge in [-0.25, -0.2) is 9.97 Å². The molecule has 0 aliphatic carbocycles. The highest BCUT2D eigenvalue weighted by atomic mass is 79.9. The zero-order valence-electron chi connectivity index (χ0n) is 15.4. The monoisotopic (exact) mass is 523 g/mol. The van der Waals surface area contributed by atoms with E-state index in [1.165, 1.54) is 0 Å². The molecule has 0 bridgehead atoms. The number of aliphatic carboxylic acids is 1. The minimum Gasteiger partial charge on any atom is -0.481 e. The maximum atomic E-state index is 10.7. The van der Waals surface area contributed by atoms with Gasteiger partial charge in [0.2, 0.25) is 0 Å². The highest BCUT2D eigenvalue weighted by molar-refractivity contribution is 9.13. The van der Waals surface area contributed by atoms with Crippen LogP contribution in [-0.2, 0) is 17.6 Å². The van der Waals surface area contributed by atoms with E-state index in [1.807, 2.05) is 37.3 Å². The van der Waals surface area contributed by atoms with Gasteiger partial charge in [-0.3, -0.25) is 4.79 Å². The number of hydrogen-bond donors (Lipinski definition) is 2. The van der Waals surface area contributed by atoms with Crippen molar-refractivity contribution in [3.8, 4) is 10.7 Å². The number of benzene rings is 1. The zero-order valence-corrected chi connectivity index (χ0v) is 19.4. The molecule has 1 aromatic carbocycles. The number of hydrogen-bond acceptors (Lipinski definition) is 5. The normalized spacial score (nSPS) is 10.9. The first-order chi connectivity index (χ1) is 13.4. The smallest absolute Gasteiger partial charge is 0.303 e. The second-order valence-corrected chi connectivity index (χ2v) is 9.49. The number of nitrogens with zero attached hydrogens (tertiary/aromatic N) is 2. The summed E-state index contributed by atoms with van der Waals surface area (Å²) < 4.78 is 1.99. The summed E-state index contributed by atoms with van der Waals surface area (Å²) in [6.45, 7) is 4.09. The molecule has 146 valence electrons. The van der Waals surface area contributed by atoms with E-state index >= 15 is 0 Å². The first-order valence-corrected chi connectivity index (χ1v) is 11.2. The third-order valence-corrected chi connectivity index (χ3v) is 7.53. The molecule has 8 heteroatoms. The maximum Gasteiger partial charge on any atom is 0.303 e. The number of nitrogens with one attached hydrogen (secondary N) is 1. The van der Waals surface area contributed by atoms with Gasteiger partial charge in [0.15, 0.2) is 5.82 Å². The molecule has 2 heterocycles. The van der Waals surface area contributed by atoms with Crippen LogP contribution in [0, 0.1) is 6.92 Å². The van der Waals surface area contributed by atoms with Crippen LogP contribution in [0.25, 0.3) is 10.7 Å². The Kier molecular flexibility index (Phi) is 6.85. The van der Waals surface area contributed by atoms with Crippen LogP contribution >= 0.6 is 43.2 Å². The Bertz CT molecular complexity index is 984. The number of carboxylic acids is 1. The van der Waals surface area contributed by atoms with Crippen LogP contribution < -0.4 is 5.32 Å². The molecule has 0 saturated heterocycles. The molecular weight excluding hydrogens is 506 g/mol. The van der Waals surface area contributed by atoms with Crippen molar-refractivity contribution in [2.45, 2.75) is 33.1 Å². The summed E-state index contributed by atoms with van der Waals surface area (Å²) in [7, 11) is 0. The van der Waals surface area contributed by atoms with Gasteiger partial charge < -0.3 is 10.4 Å². The number of rotatable bonds is 7. The quantitative estimate of drug-likeness (QED) is 0.376. The fraction of sp³-hybridized carbons (Fsp3) is 0.250. The van der Waals surface area contributed by atoms with Crippen LogP contribution in [0.15, 0.2) is 38.6 Å². The highest BCUT2D eigenvalue weighted by Crippen LogP contribution is 2.38. The second-order valence-electron chi connectivity index (χ2n) is 6.26. The molecular formula is C20H19Br2N3O2S. The average Bonchev–Trinajstić information content (AvgIpc) is 3.00. The summed E-state index contributed by atoms with van der Waals surface area (Å²) in [6, 6.07) is 9.80. The second kappa shape index (κ2) is 9.15. The topological polar surface area (TPSA) is 75.1 Å². The summed E-state index contributed by atoms with van der Waals surface area (Å²) >= 11 is 8.62. The molecule has 0 atom stereocenters. The number of aryl methyl sites for hydroxylation is 2. The van der Waals surface area contributed by atoms with Crippen LogP contribution in [0.2, 0.25) is 0 Å². The van der Waals surface area contributed by atoms with E-state index in [4.69, 9.17) is 10.1 Å². The minimum atomic E-state index is -0.786. The number of carbonyl (C=O) groups is 1. The summed E-state index contributed by atoms with van der Waals surface area (Å²) in [5.74, 6) is 0.696. The van der Waals surface area contributed by atoms with Gasteiger partial charge in [-0.2, -0.15) is 0 Å². The van der Waals surface area contributed by atoms with Crippen LogP contribution in [0.4, 0.5) is 11.5 Å². The molecule has 0 unspecified atom stereocenters. The van der Waals surface area contributed by atoms with Gasteiger partial charge in [0.05, 0.1) is 8.66 Å². The molecule has 0 aliphatic rings. The van der Waals surface area contributed by atoms with E-state index in [-0.39, 0.29) is 6.42 Å². The van der Waals surface area contributed by atoms with E-state index < -0.39 is 5.97 Å². The number of aromatic nitrogens is 2. The van der Waals surface area contributed by atoms with Crippen molar-refractivity contribution in [2.75, 3.05) is 5.32 Å². The number of thiophene rings is 1. The molecule has 0 aliphatic heterocycles. The lowest BCUT2D eigenvalue weighted by molar-refractivity contribution is -0.136. The van der Waals surface area contributed by atoms with Gasteiger partial charge in [0.1, 0.15) is 5.82 Å². The average molecular weight is 525 g/mol. The molecule has 3 rings (SSSR count). The molecule has 0 saturated carbocycles. The number of halogens is 2. The third-order valence-electron chi connectivity index (χ3n) is 4.28. The largest absolute Gasteiger partial charge is 0.481 e. The molecule has 0 spiro atoms. The highest BCUT2D eigenvalue weighted by Gasteiger charge is 2.15. The summed E-state index contributed by atoms with van der Waals surface area (Å²) in [6.07, 6.45) is 1.48. The molecule has 0 radical (unpaired) electrons. The Morgan fingerprint density at radius 3 is 2.50 bits per heavy atom. The molecule has 0 amide bonds. The maximum absolute atomic E-state index is 10.7. The Labute approximate surface area is 184 Å². The molecule has 5 nitrogen and oxygen atoms in total. The van der Waals surface area contributed by atoms with Gasteiger partial charge in [-0.05, 0) is 75.4 Å². The molecule has 28 heavy (non-hydrogen) atoms. The van der Waals surface area contributed by atoms with Gasteiger partial charge in [-0.1, -0.05) is 19.1 Å². The van der Waals surface area contributed by atoms with Crippen LogP contribution in [0.1, 0.15) is 30.2 Å². The Morgan fingerprint density at radius 1 is 1.21 bits per heavy atom. The Hall–Kier alpha value is -1.77. The fourth-order valence-corrected chi connectivity index (χ4v) is 4.80. The van der Waals surface area contributed by atoms with Crippen molar-refractivity contribution in [1.82, 2.24) is 9.97 Å². The van der Waals surface area contributed by atoms with Crippen LogP contribution in [0.5, 0.6) is 0 Å². The van der Waals surface area contributed by atoms with E-state index in [0.29, 0.717) is 12.2 Å². The number of anilines is 2. The first kappa shape index (κ1) is 21.0. The first-order valence-electron chi connectivity index (χ1n) is 8.77. The lowest BCUT2D eigenvalue weighted by Gasteiger charge is -2.14. The van der Waals surface area contributed by atoms with Crippen molar-refractivity contribution in [1.29, 1.82) is 0 Å². The molecule has 0 fully saturated rings. The van der Waals surface area contributed by atoms with Gasteiger partial charge in [0.25, 0.3) is 0 Å². The van der Waals surface area contributed by atoms with Crippen molar-refractivity contribution >= 4 is 60.7 Å². The van der Waals surface area contributed by atoms with Crippen molar-refractivity contribution in [3.05, 3.63) is 55.4 Å². The lowest BCUT2D eigenvalue weighted by atomic mass is 10.1. The predicted molar refractivity (Wildman–Crippen MR) is 121 cm³/mol. The van der Waals surface area contributed by atoms with Gasteiger partial charge in [0, 0.05) is 27.8 Å². The van der Waals surface area contributed by atoms with Gasteiger partial charge >= 0.3 is 5.97 Å². The van der Waals surface area contributed by atoms with Crippen LogP contribution in [0.3, 0.4) is 0 Å². The number of carboxylic acid groups (broad SMARTS) is 1. The zero-order chi connectivity index (χ0) is 20.3. The standard InChI is InChI=1S/C20H19Br2N3O2S/c1-3-14-11(2)23-20(16-10-15(21)18(22)28-16)25-19(14)24-13-7-4-12(5-8-13)6-9-17(26)27/h4-5,7-8,10H,3,6,9H2,1-2H3,(H,26,27)(H,23,24,25). The molecule has 2 N–H and O–H groups in total. The third kappa shape index (κ3) is 4.98. The van der Waals surface area contributed by atoms with E-state index in [1.54, 1.807) is 11.3 Å². The van der Waals surface area contributed by atoms with Crippen molar-refractivity contribution in [2.24, 2.45) is 0 Å².